The summed E-state index contributed by atoms with van der Waals surface area (Å²) < 4.78 is 21.0. The molecular formula is C80H126N2Nd2O14Zn. The van der Waals surface area contributed by atoms with Gasteiger partial charge in [-0.15, -0.1) is 36.2 Å². The molecule has 0 spiro atoms. The van der Waals surface area contributed by atoms with Gasteiger partial charge < -0.3 is 69.4 Å². The molecule has 0 bridgehead atoms. The second kappa shape index (κ2) is 45.5. The largest absolute Gasteiger partial charge is 3.00 e. The van der Waals surface area contributed by atoms with Gasteiger partial charge in [-0.3, -0.25) is 9.80 Å². The van der Waals surface area contributed by atoms with Crippen molar-refractivity contribution in [1.29, 1.82) is 0 Å². The van der Waals surface area contributed by atoms with Crippen molar-refractivity contribution < 1.29 is 171 Å². The number of hydrogen-bond acceptors (Lipinski definition) is 16. The van der Waals surface area contributed by atoms with Crippen LogP contribution in [0.4, 0.5) is 0 Å². The van der Waals surface area contributed by atoms with Crippen LogP contribution < -0.4 is 40.9 Å². The first-order valence-electron chi connectivity index (χ1n) is 34.5. The van der Waals surface area contributed by atoms with Crippen molar-refractivity contribution in [3.63, 3.8) is 0 Å². The van der Waals surface area contributed by atoms with Gasteiger partial charge in [-0.05, 0) is 150 Å². The zero-order valence-electron chi connectivity index (χ0n) is 66.1. The molecule has 4 aromatic carbocycles. The van der Waals surface area contributed by atoms with Crippen LogP contribution in [0.3, 0.4) is 0 Å². The first-order chi connectivity index (χ1) is 43.8. The number of nitrogens with zero attached hydrogens (tertiary/aromatic N) is 2. The fourth-order valence-electron chi connectivity index (χ4n) is 10.3. The number of aliphatic carboxylic acids is 2. The van der Waals surface area contributed by atoms with Crippen molar-refractivity contribution in [1.82, 2.24) is 9.80 Å². The van der Waals surface area contributed by atoms with E-state index in [0.717, 1.165) is 107 Å². The van der Waals surface area contributed by atoms with E-state index in [1.54, 1.807) is 0 Å². The summed E-state index contributed by atoms with van der Waals surface area (Å²) in [4.78, 5) is 22.0. The van der Waals surface area contributed by atoms with Crippen molar-refractivity contribution in [2.45, 2.75) is 275 Å². The van der Waals surface area contributed by atoms with Crippen LogP contribution in [0.15, 0.2) is 48.5 Å². The Kier molecular flexibility index (Phi) is 46.5. The minimum atomic E-state index is -1.08. The maximum atomic E-state index is 13.7. The minimum Gasteiger partial charge on any atom is -0.872 e. The Hall–Kier alpha value is -1.98. The molecule has 4 aromatic rings. The number of carboxylic acid groups (broad SMARTS) is 2. The van der Waals surface area contributed by atoms with Crippen LogP contribution in [-0.4, -0.2) is 101 Å². The van der Waals surface area contributed by atoms with Gasteiger partial charge in [-0.1, -0.05) is 215 Å². The van der Waals surface area contributed by atoms with Crippen molar-refractivity contribution in [3.05, 3.63) is 115 Å². The van der Waals surface area contributed by atoms with Crippen molar-refractivity contribution in [3.8, 4) is 23.0 Å². The first-order valence-corrected chi connectivity index (χ1v) is 34.5. The predicted molar refractivity (Wildman–Crippen MR) is 374 cm³/mol. The topological polar surface area (TPSA) is 262 Å². The summed E-state index contributed by atoms with van der Waals surface area (Å²) in [5, 5.41) is 94.6. The van der Waals surface area contributed by atoms with Gasteiger partial charge >= 0.3 is 101 Å². The second-order valence-electron chi connectivity index (χ2n) is 33.7. The van der Waals surface area contributed by atoms with E-state index in [4.69, 9.17) is 38.7 Å². The third-order valence-corrected chi connectivity index (χ3v) is 16.1. The SMILES string of the molecule is C1CCOC1.C1CCOC1.CC(=O)[O-].CC(=O)[O-].CC(C)(C)c1cc(CN(CCOCC[O-])Cc2cc(C(C)(C)C)cc(C(C)(C)C)c2[O-])c([O-])c(C(C)(C)C)c1.CC(C)(C)c1cc(CN(CCOCC[O-])Cc2cc(C(C)(C)C)cc(C(C)(C)C)c2[O-])c([O-])c(C(C)(C)C)c1.[Nd+3].[Nd+3].[Zn+2]. The molecule has 2 radical (unpaired) electrons. The van der Waals surface area contributed by atoms with Gasteiger partial charge in [0.25, 0.3) is 0 Å². The summed E-state index contributed by atoms with van der Waals surface area (Å²) >= 11 is 0. The molecule has 19 heteroatoms. The molecule has 0 amide bonds. The van der Waals surface area contributed by atoms with Crippen LogP contribution in [-0.2, 0) is 118 Å². The van der Waals surface area contributed by atoms with Crippen LogP contribution in [0.1, 0.15) is 272 Å². The third kappa shape index (κ3) is 38.7. The van der Waals surface area contributed by atoms with E-state index in [0.29, 0.717) is 52.5 Å². The van der Waals surface area contributed by atoms with Crippen molar-refractivity contribution in [2.75, 3.05) is 79.2 Å². The molecule has 0 unspecified atom stereocenters. The normalized spacial score (nSPS) is 13.5. The van der Waals surface area contributed by atoms with Crippen LogP contribution in [0.25, 0.3) is 0 Å². The smallest absolute Gasteiger partial charge is 0.872 e. The fraction of sp³-hybridized carbons (Fsp3) is 0.675. The van der Waals surface area contributed by atoms with E-state index in [2.05, 4.69) is 200 Å². The van der Waals surface area contributed by atoms with E-state index in [1.165, 1.54) is 25.7 Å². The maximum absolute atomic E-state index is 13.7. The molecule has 2 aliphatic heterocycles. The number of carbonyl (C=O) groups is 2. The van der Waals surface area contributed by atoms with Gasteiger partial charge in [0, 0.05) is 90.8 Å². The second-order valence-corrected chi connectivity index (χ2v) is 33.7. The summed E-state index contributed by atoms with van der Waals surface area (Å²) in [6, 6.07) is 16.4. The van der Waals surface area contributed by atoms with E-state index in [-0.39, 0.29) is 194 Å². The third-order valence-electron chi connectivity index (χ3n) is 16.1. The van der Waals surface area contributed by atoms with Crippen molar-refractivity contribution >= 4 is 11.9 Å². The van der Waals surface area contributed by atoms with Gasteiger partial charge in [-0.25, -0.2) is 0 Å². The van der Waals surface area contributed by atoms with Gasteiger partial charge in [0.05, 0.1) is 13.2 Å². The van der Waals surface area contributed by atoms with Gasteiger partial charge in [0.2, 0.25) is 0 Å². The van der Waals surface area contributed by atoms with Crippen LogP contribution >= 0.6 is 0 Å². The molecule has 0 N–H and O–H groups in total. The molecule has 550 valence electrons. The monoisotopic (exact) mass is 1690 g/mol. The standard InChI is InChI=1S/2C34H54NO4.2C4H8O.2C2H4O2.2Nd.Zn/c2*1-31(2,3)25-17-23(29(37)27(19-25)33(7,8)9)21-35(13-15-39-16-14-36)22-24-18-26(32(4,5)6)20-28(30(24)38)34(10,11)12;2*1-2-4-5-3-1;2*1-2(3)4;;;/h2*17-20,37-38H,13-16,21-22H2,1-12H3;2*1-4H2;2*1H3,(H,3,4);;;/q2*-1;;;;;2*+3;+2/p-6. The molecule has 0 aliphatic carbocycles. The molecule has 2 fully saturated rings. The molecule has 6 rings (SSSR count). The molecule has 2 saturated heterocycles. The van der Waals surface area contributed by atoms with Crippen LogP contribution in [0, 0.1) is 81.7 Å². The van der Waals surface area contributed by atoms with Gasteiger partial charge in [0.1, 0.15) is 0 Å². The Balaban J connectivity index is -0.00000144. The average molecular weight is 1690 g/mol. The predicted octanol–water partition coefficient (Wildman–Crippen LogP) is 9.91. The minimum absolute atomic E-state index is 0. The van der Waals surface area contributed by atoms with Crippen LogP contribution in [0.5, 0.6) is 23.0 Å². The van der Waals surface area contributed by atoms with E-state index in [1.807, 2.05) is 24.3 Å². The summed E-state index contributed by atoms with van der Waals surface area (Å²) in [5.41, 5.74) is 9.01. The zero-order valence-corrected chi connectivity index (χ0v) is 75.5. The molecular weight excluding hydrogens is 1570 g/mol. The number of rotatable bonds is 18. The van der Waals surface area contributed by atoms with Crippen LogP contribution in [0.2, 0.25) is 0 Å². The molecule has 99 heavy (non-hydrogen) atoms. The Morgan fingerprint density at radius 2 is 0.545 bits per heavy atom. The molecule has 2 aliphatic rings. The number of carboxylic acids is 2. The van der Waals surface area contributed by atoms with E-state index >= 15 is 0 Å². The molecule has 0 saturated carbocycles. The van der Waals surface area contributed by atoms with E-state index in [9.17, 15) is 30.6 Å². The maximum Gasteiger partial charge on any atom is 3.00 e. The first kappa shape index (κ1) is 101. The molecule has 2 heterocycles. The Bertz CT molecular complexity index is 2610. The quantitative estimate of drug-likeness (QED) is 0.0662. The fourth-order valence-corrected chi connectivity index (χ4v) is 10.3. The summed E-state index contributed by atoms with van der Waals surface area (Å²) in [7, 11) is 0. The summed E-state index contributed by atoms with van der Waals surface area (Å²) in [6.45, 7) is 59.8. The summed E-state index contributed by atoms with van der Waals surface area (Å²) in [6.07, 6.45) is 5.11. The van der Waals surface area contributed by atoms with E-state index < -0.39 is 11.9 Å². The number of benzene rings is 4. The zero-order chi connectivity index (χ0) is 74.2. The number of carbonyl (C=O) groups excluding carboxylic acids is 2. The number of ether oxygens (including phenoxy) is 4. The summed E-state index contributed by atoms with van der Waals surface area (Å²) in [5.74, 6) is -1.94. The Morgan fingerprint density at radius 3 is 0.677 bits per heavy atom. The van der Waals surface area contributed by atoms with Gasteiger partial charge in [0.15, 0.2) is 0 Å². The Labute approximate surface area is 678 Å². The average Bonchev–Trinajstić information content (AvgIpc) is 0.891. The Morgan fingerprint density at radius 1 is 0.364 bits per heavy atom. The molecule has 0 aromatic heterocycles. The molecule has 16 nitrogen and oxygen atoms in total. The van der Waals surface area contributed by atoms with Gasteiger partial charge in [-0.2, -0.15) is 0 Å². The number of hydrogen-bond donors (Lipinski definition) is 0. The van der Waals surface area contributed by atoms with Crippen molar-refractivity contribution in [2.24, 2.45) is 0 Å². The molecule has 0 atom stereocenters.